The second kappa shape index (κ2) is 8.67. The molecule has 25 heavy (non-hydrogen) atoms. The molecule has 0 radical (unpaired) electrons. The summed E-state index contributed by atoms with van der Waals surface area (Å²) in [5, 5.41) is 6.40. The maximum absolute atomic E-state index is 12.0. The molecular weight excluding hydrogens is 312 g/mol. The van der Waals surface area contributed by atoms with Gasteiger partial charge in [-0.1, -0.05) is 37.6 Å². The standard InChI is InChI=1S/C21H26N2O2/c1-2-3-11-23-21(24)18-7-4-16(5-8-18)14-22-15-17-6-9-20-19(13-17)10-12-25-20/h4-9,13,22H,2-3,10-12,14-15H2,1H3,(H,23,24). The zero-order valence-corrected chi connectivity index (χ0v) is 14.8. The molecule has 1 aliphatic rings. The third-order valence-corrected chi connectivity index (χ3v) is 4.44. The van der Waals surface area contributed by atoms with Gasteiger partial charge in [-0.2, -0.15) is 0 Å². The summed E-state index contributed by atoms with van der Waals surface area (Å²) < 4.78 is 5.54. The lowest BCUT2D eigenvalue weighted by molar-refractivity contribution is 0.0953. The number of carbonyl (C=O) groups excluding carboxylic acids is 1. The van der Waals surface area contributed by atoms with Crippen molar-refractivity contribution < 1.29 is 9.53 Å². The van der Waals surface area contributed by atoms with E-state index >= 15 is 0 Å². The molecule has 4 nitrogen and oxygen atoms in total. The van der Waals surface area contributed by atoms with Gasteiger partial charge in [-0.15, -0.1) is 0 Å². The Kier molecular flexibility index (Phi) is 6.07. The van der Waals surface area contributed by atoms with Crippen molar-refractivity contribution in [2.75, 3.05) is 13.2 Å². The molecule has 0 fully saturated rings. The van der Waals surface area contributed by atoms with E-state index < -0.39 is 0 Å². The van der Waals surface area contributed by atoms with Crippen molar-refractivity contribution in [1.29, 1.82) is 0 Å². The first-order valence-corrected chi connectivity index (χ1v) is 9.08. The van der Waals surface area contributed by atoms with Gasteiger partial charge in [0.2, 0.25) is 0 Å². The number of carbonyl (C=O) groups is 1. The number of fused-ring (bicyclic) bond motifs is 1. The summed E-state index contributed by atoms with van der Waals surface area (Å²) in [6.07, 6.45) is 3.11. The molecule has 0 atom stereocenters. The molecule has 0 aliphatic carbocycles. The predicted molar refractivity (Wildman–Crippen MR) is 99.9 cm³/mol. The summed E-state index contributed by atoms with van der Waals surface area (Å²) in [5.41, 5.74) is 4.47. The Labute approximate surface area is 149 Å². The van der Waals surface area contributed by atoms with Crippen LogP contribution in [-0.2, 0) is 19.5 Å². The number of amides is 1. The van der Waals surface area contributed by atoms with Crippen molar-refractivity contribution in [3.8, 4) is 5.75 Å². The van der Waals surface area contributed by atoms with Crippen LogP contribution in [0.4, 0.5) is 0 Å². The Bertz CT molecular complexity index is 710. The van der Waals surface area contributed by atoms with E-state index in [1.54, 1.807) is 0 Å². The summed E-state index contributed by atoms with van der Waals surface area (Å²) in [6, 6.07) is 14.2. The Morgan fingerprint density at radius 1 is 1.08 bits per heavy atom. The Morgan fingerprint density at radius 2 is 1.84 bits per heavy atom. The van der Waals surface area contributed by atoms with Gasteiger partial charge in [0.05, 0.1) is 6.61 Å². The quantitative estimate of drug-likeness (QED) is 0.725. The number of benzene rings is 2. The van der Waals surface area contributed by atoms with Crippen LogP contribution in [0.1, 0.15) is 46.8 Å². The fraction of sp³-hybridized carbons (Fsp3) is 0.381. The number of ether oxygens (including phenoxy) is 1. The fourth-order valence-corrected chi connectivity index (χ4v) is 2.96. The topological polar surface area (TPSA) is 50.4 Å². The SMILES string of the molecule is CCCCNC(=O)c1ccc(CNCc2ccc3c(c2)CCO3)cc1. The molecule has 2 aromatic carbocycles. The van der Waals surface area contributed by atoms with Crippen LogP contribution in [0.5, 0.6) is 5.75 Å². The van der Waals surface area contributed by atoms with Crippen molar-refractivity contribution >= 4 is 5.91 Å². The third-order valence-electron chi connectivity index (χ3n) is 4.44. The van der Waals surface area contributed by atoms with E-state index in [0.29, 0.717) is 0 Å². The first-order chi connectivity index (χ1) is 12.3. The highest BCUT2D eigenvalue weighted by atomic mass is 16.5. The van der Waals surface area contributed by atoms with Crippen molar-refractivity contribution in [3.05, 3.63) is 64.7 Å². The molecule has 1 amide bonds. The molecule has 0 saturated carbocycles. The highest BCUT2D eigenvalue weighted by Gasteiger charge is 2.11. The minimum atomic E-state index is 0.00770. The van der Waals surface area contributed by atoms with E-state index in [9.17, 15) is 4.79 Å². The van der Waals surface area contributed by atoms with Crippen molar-refractivity contribution in [2.45, 2.75) is 39.3 Å². The molecule has 132 valence electrons. The second-order valence-electron chi connectivity index (χ2n) is 6.45. The zero-order valence-electron chi connectivity index (χ0n) is 14.8. The third kappa shape index (κ3) is 4.83. The van der Waals surface area contributed by atoms with Crippen LogP contribution in [0.15, 0.2) is 42.5 Å². The van der Waals surface area contributed by atoms with Crippen molar-refractivity contribution in [1.82, 2.24) is 10.6 Å². The largest absolute Gasteiger partial charge is 0.493 e. The van der Waals surface area contributed by atoms with Gasteiger partial charge in [-0.3, -0.25) is 4.79 Å². The summed E-state index contributed by atoms with van der Waals surface area (Å²) in [4.78, 5) is 12.0. The molecule has 2 aromatic rings. The molecule has 0 spiro atoms. The van der Waals surface area contributed by atoms with E-state index in [4.69, 9.17) is 4.74 Å². The Morgan fingerprint density at radius 3 is 2.64 bits per heavy atom. The van der Waals surface area contributed by atoms with Gasteiger partial charge < -0.3 is 15.4 Å². The molecule has 3 rings (SSSR count). The highest BCUT2D eigenvalue weighted by molar-refractivity contribution is 5.94. The number of nitrogens with one attached hydrogen (secondary N) is 2. The molecule has 0 saturated heterocycles. The molecule has 1 aliphatic heterocycles. The molecular formula is C21H26N2O2. The Balaban J connectivity index is 1.46. The highest BCUT2D eigenvalue weighted by Crippen LogP contribution is 2.25. The average molecular weight is 338 g/mol. The molecule has 0 aromatic heterocycles. The smallest absolute Gasteiger partial charge is 0.251 e. The number of hydrogen-bond donors (Lipinski definition) is 2. The number of rotatable bonds is 8. The van der Waals surface area contributed by atoms with Crippen LogP contribution in [0.3, 0.4) is 0 Å². The van der Waals surface area contributed by atoms with Crippen molar-refractivity contribution in [2.24, 2.45) is 0 Å². The van der Waals surface area contributed by atoms with Gasteiger partial charge in [-0.25, -0.2) is 0 Å². The van der Waals surface area contributed by atoms with Crippen LogP contribution in [0.2, 0.25) is 0 Å². The van der Waals surface area contributed by atoms with Crippen LogP contribution < -0.4 is 15.4 Å². The number of unbranched alkanes of at least 4 members (excludes halogenated alkanes) is 1. The lowest BCUT2D eigenvalue weighted by Gasteiger charge is -2.08. The second-order valence-corrected chi connectivity index (χ2v) is 6.45. The molecule has 4 heteroatoms. The lowest BCUT2D eigenvalue weighted by Crippen LogP contribution is -2.24. The molecule has 1 heterocycles. The molecule has 2 N–H and O–H groups in total. The average Bonchev–Trinajstić information content (AvgIpc) is 3.10. The minimum Gasteiger partial charge on any atom is -0.493 e. The van der Waals surface area contributed by atoms with Gasteiger partial charge in [0.1, 0.15) is 5.75 Å². The van der Waals surface area contributed by atoms with Crippen LogP contribution in [-0.4, -0.2) is 19.1 Å². The van der Waals surface area contributed by atoms with E-state index in [2.05, 4.69) is 35.8 Å². The summed E-state index contributed by atoms with van der Waals surface area (Å²) in [7, 11) is 0. The van der Waals surface area contributed by atoms with Gasteiger partial charge in [-0.05, 0) is 41.3 Å². The van der Waals surface area contributed by atoms with Crippen LogP contribution in [0, 0.1) is 0 Å². The number of hydrogen-bond acceptors (Lipinski definition) is 3. The van der Waals surface area contributed by atoms with E-state index in [-0.39, 0.29) is 5.91 Å². The zero-order chi connectivity index (χ0) is 17.5. The first kappa shape index (κ1) is 17.5. The summed E-state index contributed by atoms with van der Waals surface area (Å²) in [6.45, 7) is 5.26. The van der Waals surface area contributed by atoms with Crippen LogP contribution >= 0.6 is 0 Å². The normalized spacial score (nSPS) is 12.5. The maximum Gasteiger partial charge on any atom is 0.251 e. The maximum atomic E-state index is 12.0. The van der Waals surface area contributed by atoms with Gasteiger partial charge >= 0.3 is 0 Å². The van der Waals surface area contributed by atoms with Gasteiger partial charge in [0.25, 0.3) is 5.91 Å². The minimum absolute atomic E-state index is 0.00770. The Hall–Kier alpha value is -2.33. The van der Waals surface area contributed by atoms with E-state index in [1.807, 2.05) is 24.3 Å². The first-order valence-electron chi connectivity index (χ1n) is 9.08. The van der Waals surface area contributed by atoms with Crippen molar-refractivity contribution in [3.63, 3.8) is 0 Å². The summed E-state index contributed by atoms with van der Waals surface area (Å²) >= 11 is 0. The van der Waals surface area contributed by atoms with E-state index in [1.165, 1.54) is 16.7 Å². The monoisotopic (exact) mass is 338 g/mol. The summed E-state index contributed by atoms with van der Waals surface area (Å²) in [5.74, 6) is 1.03. The fourth-order valence-electron chi connectivity index (χ4n) is 2.96. The van der Waals surface area contributed by atoms with Gasteiger partial charge in [0, 0.05) is 31.6 Å². The predicted octanol–water partition coefficient (Wildman–Crippen LogP) is 3.44. The molecule has 0 bridgehead atoms. The lowest BCUT2D eigenvalue weighted by atomic mass is 10.1. The molecule has 0 unspecified atom stereocenters. The van der Waals surface area contributed by atoms with E-state index in [0.717, 1.165) is 56.8 Å². The van der Waals surface area contributed by atoms with Gasteiger partial charge in [0.15, 0.2) is 0 Å². The van der Waals surface area contributed by atoms with Crippen LogP contribution in [0.25, 0.3) is 0 Å².